The zero-order valence-corrected chi connectivity index (χ0v) is 12.8. The summed E-state index contributed by atoms with van der Waals surface area (Å²) in [6.07, 6.45) is 1.20. The Morgan fingerprint density at radius 1 is 1.50 bits per heavy atom. The van der Waals surface area contributed by atoms with Crippen molar-refractivity contribution in [2.24, 2.45) is 11.8 Å². The van der Waals surface area contributed by atoms with Gasteiger partial charge < -0.3 is 10.4 Å². The molecule has 1 aromatic heterocycles. The maximum Gasteiger partial charge on any atom is 0.307 e. The number of hydrogen-bond acceptors (Lipinski definition) is 4. The largest absolute Gasteiger partial charge is 0.481 e. The van der Waals surface area contributed by atoms with Gasteiger partial charge in [-0.2, -0.15) is 0 Å². The lowest BCUT2D eigenvalue weighted by Crippen LogP contribution is -2.27. The number of thiazole rings is 1. The fourth-order valence-electron chi connectivity index (χ4n) is 3.00. The normalized spacial score (nSPS) is 19.2. The number of carbonyl (C=O) groups is 1. The number of rotatable bonds is 5. The molecular formula is C16H17FN2O2S. The Balaban J connectivity index is 1.85. The molecule has 0 aliphatic carbocycles. The molecular weight excluding hydrogens is 303 g/mol. The average molecular weight is 320 g/mol. The summed E-state index contributed by atoms with van der Waals surface area (Å²) in [4.78, 5) is 15.7. The van der Waals surface area contributed by atoms with E-state index in [0.717, 1.165) is 18.7 Å². The molecule has 0 radical (unpaired) electrons. The lowest BCUT2D eigenvalue weighted by molar-refractivity contribution is -0.143. The van der Waals surface area contributed by atoms with Gasteiger partial charge in [-0.3, -0.25) is 4.79 Å². The summed E-state index contributed by atoms with van der Waals surface area (Å²) in [6.45, 7) is 1.56. The predicted molar refractivity (Wildman–Crippen MR) is 83.3 cm³/mol. The van der Waals surface area contributed by atoms with Gasteiger partial charge in [0.1, 0.15) is 5.82 Å². The molecule has 2 atom stereocenters. The summed E-state index contributed by atoms with van der Waals surface area (Å²) in [7, 11) is 0. The fourth-order valence-corrected chi connectivity index (χ4v) is 3.56. The highest BCUT2D eigenvalue weighted by Gasteiger charge is 2.30. The minimum atomic E-state index is -0.812. The van der Waals surface area contributed by atoms with E-state index in [0.29, 0.717) is 24.1 Å². The van der Waals surface area contributed by atoms with E-state index in [1.807, 2.05) is 11.4 Å². The van der Waals surface area contributed by atoms with Crippen LogP contribution in [0.4, 0.5) is 4.39 Å². The van der Waals surface area contributed by atoms with Gasteiger partial charge in [0.15, 0.2) is 0 Å². The maximum atomic E-state index is 13.9. The van der Waals surface area contributed by atoms with E-state index < -0.39 is 11.9 Å². The van der Waals surface area contributed by atoms with Crippen LogP contribution >= 0.6 is 11.3 Å². The number of benzene rings is 1. The summed E-state index contributed by atoms with van der Waals surface area (Å²) < 4.78 is 13.9. The summed E-state index contributed by atoms with van der Waals surface area (Å²) in [5.74, 6) is -1.55. The quantitative estimate of drug-likeness (QED) is 0.889. The van der Waals surface area contributed by atoms with Gasteiger partial charge >= 0.3 is 5.97 Å². The second-order valence-corrected chi connectivity index (χ2v) is 6.34. The van der Waals surface area contributed by atoms with Crippen molar-refractivity contribution in [1.29, 1.82) is 0 Å². The Morgan fingerprint density at radius 3 is 3.00 bits per heavy atom. The number of carboxylic acids is 1. The summed E-state index contributed by atoms with van der Waals surface area (Å²) >= 11 is 1.45. The molecule has 2 aromatic rings. The van der Waals surface area contributed by atoms with Gasteiger partial charge in [-0.15, -0.1) is 11.3 Å². The number of aromatic nitrogens is 1. The van der Waals surface area contributed by atoms with Crippen LogP contribution in [-0.4, -0.2) is 29.1 Å². The summed E-state index contributed by atoms with van der Waals surface area (Å²) in [6, 6.07) is 4.70. The molecule has 1 fully saturated rings. The Bertz CT molecular complexity index is 654. The van der Waals surface area contributed by atoms with E-state index in [4.69, 9.17) is 0 Å². The van der Waals surface area contributed by atoms with Crippen LogP contribution in [-0.2, 0) is 11.2 Å². The zero-order valence-electron chi connectivity index (χ0n) is 12.0. The third-order valence-corrected chi connectivity index (χ3v) is 4.71. The van der Waals surface area contributed by atoms with Crippen molar-refractivity contribution in [1.82, 2.24) is 10.3 Å². The molecule has 0 bridgehead atoms. The third kappa shape index (κ3) is 3.34. The van der Waals surface area contributed by atoms with Crippen molar-refractivity contribution in [3.8, 4) is 11.3 Å². The van der Waals surface area contributed by atoms with E-state index in [1.165, 1.54) is 23.5 Å². The fraction of sp³-hybridized carbons (Fsp3) is 0.375. The molecule has 1 aliphatic heterocycles. The Hall–Kier alpha value is -1.79. The van der Waals surface area contributed by atoms with Gasteiger partial charge in [0, 0.05) is 10.9 Å². The van der Waals surface area contributed by atoms with Crippen molar-refractivity contribution in [3.05, 3.63) is 40.5 Å². The Labute approximate surface area is 132 Å². The number of nitrogens with zero attached hydrogens (tertiary/aromatic N) is 1. The first kappa shape index (κ1) is 15.1. The van der Waals surface area contributed by atoms with Gasteiger partial charge in [0.05, 0.1) is 17.1 Å². The van der Waals surface area contributed by atoms with Crippen LogP contribution in [0.5, 0.6) is 0 Å². The SMILES string of the molecule is O=C(O)[C@@H](Cc1cc(F)cc(-c2cscn2)c1)[C@H]1CCNC1. The molecule has 116 valence electrons. The first-order valence-electron chi connectivity index (χ1n) is 7.25. The van der Waals surface area contributed by atoms with E-state index >= 15 is 0 Å². The third-order valence-electron chi connectivity index (χ3n) is 4.13. The highest BCUT2D eigenvalue weighted by molar-refractivity contribution is 7.07. The molecule has 2 heterocycles. The molecule has 0 unspecified atom stereocenters. The molecule has 0 saturated carbocycles. The second-order valence-electron chi connectivity index (χ2n) is 5.62. The monoisotopic (exact) mass is 320 g/mol. The molecule has 1 saturated heterocycles. The molecule has 0 amide bonds. The molecule has 1 aromatic carbocycles. The molecule has 6 heteroatoms. The molecule has 22 heavy (non-hydrogen) atoms. The Morgan fingerprint density at radius 2 is 2.36 bits per heavy atom. The van der Waals surface area contributed by atoms with Gasteiger partial charge in [0.25, 0.3) is 0 Å². The zero-order chi connectivity index (χ0) is 15.5. The maximum absolute atomic E-state index is 13.9. The van der Waals surface area contributed by atoms with Crippen LogP contribution in [0.1, 0.15) is 12.0 Å². The van der Waals surface area contributed by atoms with Gasteiger partial charge in [-0.05, 0) is 55.6 Å². The van der Waals surface area contributed by atoms with Gasteiger partial charge in [-0.25, -0.2) is 9.37 Å². The number of carboxylic acid groups (broad SMARTS) is 1. The van der Waals surface area contributed by atoms with Crippen LogP contribution in [0.25, 0.3) is 11.3 Å². The lowest BCUT2D eigenvalue weighted by Gasteiger charge is -2.19. The van der Waals surface area contributed by atoms with E-state index in [9.17, 15) is 14.3 Å². The second kappa shape index (κ2) is 6.54. The van der Waals surface area contributed by atoms with Crippen LogP contribution < -0.4 is 5.32 Å². The minimum Gasteiger partial charge on any atom is -0.481 e. The van der Waals surface area contributed by atoms with Crippen molar-refractivity contribution < 1.29 is 14.3 Å². The smallest absolute Gasteiger partial charge is 0.307 e. The first-order chi connectivity index (χ1) is 10.6. The number of halogens is 1. The van der Waals surface area contributed by atoms with Crippen molar-refractivity contribution >= 4 is 17.3 Å². The summed E-state index contributed by atoms with van der Waals surface area (Å²) in [5.41, 5.74) is 3.83. The number of hydrogen-bond donors (Lipinski definition) is 2. The molecule has 1 aliphatic rings. The van der Waals surface area contributed by atoms with E-state index in [-0.39, 0.29) is 11.7 Å². The number of aliphatic carboxylic acids is 1. The standard InChI is InChI=1S/C16H17FN2O2S/c17-13-4-10(3-12(6-13)15-8-22-9-19-15)5-14(16(20)21)11-1-2-18-7-11/h3-4,6,8-9,11,14,18H,1-2,5,7H2,(H,20,21)/t11-,14-/m0/s1. The molecule has 3 rings (SSSR count). The van der Waals surface area contributed by atoms with Crippen LogP contribution in [0.3, 0.4) is 0 Å². The summed E-state index contributed by atoms with van der Waals surface area (Å²) in [5, 5.41) is 14.5. The lowest BCUT2D eigenvalue weighted by atomic mass is 9.86. The Kier molecular flexibility index (Phi) is 4.49. The predicted octanol–water partition coefficient (Wildman–Crippen LogP) is 2.80. The van der Waals surface area contributed by atoms with Gasteiger partial charge in [-0.1, -0.05) is 0 Å². The van der Waals surface area contributed by atoms with Crippen LogP contribution in [0.15, 0.2) is 29.1 Å². The highest BCUT2D eigenvalue weighted by atomic mass is 32.1. The minimum absolute atomic E-state index is 0.100. The molecule has 2 N–H and O–H groups in total. The van der Waals surface area contributed by atoms with E-state index in [2.05, 4.69) is 10.3 Å². The van der Waals surface area contributed by atoms with Crippen molar-refractivity contribution in [3.63, 3.8) is 0 Å². The van der Waals surface area contributed by atoms with Crippen LogP contribution in [0.2, 0.25) is 0 Å². The number of nitrogens with one attached hydrogen (secondary N) is 1. The topological polar surface area (TPSA) is 62.2 Å². The first-order valence-corrected chi connectivity index (χ1v) is 8.19. The van der Waals surface area contributed by atoms with Crippen molar-refractivity contribution in [2.45, 2.75) is 12.8 Å². The molecule has 0 spiro atoms. The highest BCUT2D eigenvalue weighted by Crippen LogP contribution is 2.27. The van der Waals surface area contributed by atoms with Crippen molar-refractivity contribution in [2.75, 3.05) is 13.1 Å². The van der Waals surface area contributed by atoms with Crippen LogP contribution in [0, 0.1) is 17.7 Å². The van der Waals surface area contributed by atoms with Gasteiger partial charge in [0.2, 0.25) is 0 Å². The average Bonchev–Trinajstić information content (AvgIpc) is 3.17. The molecule has 4 nitrogen and oxygen atoms in total. The van der Waals surface area contributed by atoms with E-state index in [1.54, 1.807) is 5.51 Å².